The summed E-state index contributed by atoms with van der Waals surface area (Å²) in [5.74, 6) is 2.00. The van der Waals surface area contributed by atoms with Crippen molar-refractivity contribution in [1.29, 1.82) is 0 Å². The molecule has 0 aromatic heterocycles. The molecule has 0 spiro atoms. The second-order valence-corrected chi connectivity index (χ2v) is 9.88. The Morgan fingerprint density at radius 3 is 2.25 bits per heavy atom. The highest BCUT2D eigenvalue weighted by Crippen LogP contribution is 2.64. The quantitative estimate of drug-likeness (QED) is 0.751. The van der Waals surface area contributed by atoms with Crippen molar-refractivity contribution in [1.82, 2.24) is 5.32 Å². The van der Waals surface area contributed by atoms with Gasteiger partial charge in [-0.25, -0.2) is 0 Å². The molecule has 5 aliphatic rings. The molecule has 5 fully saturated rings. The lowest BCUT2D eigenvalue weighted by molar-refractivity contribution is -0.145. The standard InChI is InChI=1S/C17H26BrNO/c18-17-9-12-6-13(10-17)8-16(7-12,11-17)15(20)19-14-4-2-1-3-5-14/h12-14H,1-11H2,(H,19,20). The monoisotopic (exact) mass is 339 g/mol. The second-order valence-electron chi connectivity index (χ2n) is 8.20. The van der Waals surface area contributed by atoms with Crippen molar-refractivity contribution in [3.63, 3.8) is 0 Å². The summed E-state index contributed by atoms with van der Waals surface area (Å²) in [5.41, 5.74) is -0.0228. The van der Waals surface area contributed by atoms with Gasteiger partial charge in [0.1, 0.15) is 0 Å². The molecule has 2 unspecified atom stereocenters. The Morgan fingerprint density at radius 1 is 1.00 bits per heavy atom. The van der Waals surface area contributed by atoms with E-state index in [-0.39, 0.29) is 5.41 Å². The maximum absolute atomic E-state index is 13.0. The average molecular weight is 340 g/mol. The molecule has 5 saturated carbocycles. The summed E-state index contributed by atoms with van der Waals surface area (Å²) in [6, 6.07) is 0.468. The number of alkyl halides is 1. The molecule has 0 radical (unpaired) electrons. The normalized spacial score (nSPS) is 47.5. The summed E-state index contributed by atoms with van der Waals surface area (Å²) in [6.45, 7) is 0. The Hall–Kier alpha value is -0.0500. The molecule has 0 heterocycles. The highest BCUT2D eigenvalue weighted by atomic mass is 79.9. The van der Waals surface area contributed by atoms with Crippen LogP contribution in [0.15, 0.2) is 0 Å². The van der Waals surface area contributed by atoms with Crippen LogP contribution < -0.4 is 5.32 Å². The Bertz CT molecular complexity index is 401. The van der Waals surface area contributed by atoms with Gasteiger partial charge in [0.15, 0.2) is 0 Å². The van der Waals surface area contributed by atoms with Crippen molar-refractivity contribution < 1.29 is 4.79 Å². The van der Waals surface area contributed by atoms with Gasteiger partial charge in [-0.3, -0.25) is 4.79 Å². The van der Waals surface area contributed by atoms with E-state index in [1.165, 1.54) is 51.4 Å². The van der Waals surface area contributed by atoms with Crippen LogP contribution in [0.3, 0.4) is 0 Å². The molecule has 2 atom stereocenters. The van der Waals surface area contributed by atoms with Gasteiger partial charge in [-0.05, 0) is 63.2 Å². The van der Waals surface area contributed by atoms with Crippen LogP contribution in [0.2, 0.25) is 0 Å². The van der Waals surface area contributed by atoms with Gasteiger partial charge < -0.3 is 5.32 Å². The molecule has 1 N–H and O–H groups in total. The van der Waals surface area contributed by atoms with Crippen LogP contribution in [0.5, 0.6) is 0 Å². The molecule has 20 heavy (non-hydrogen) atoms. The molecular weight excluding hydrogens is 314 g/mol. The van der Waals surface area contributed by atoms with E-state index in [0.29, 0.717) is 16.3 Å². The molecule has 0 aromatic carbocycles. The number of hydrogen-bond donors (Lipinski definition) is 1. The van der Waals surface area contributed by atoms with Crippen LogP contribution in [0.1, 0.15) is 70.6 Å². The van der Waals surface area contributed by atoms with E-state index in [0.717, 1.165) is 31.1 Å². The zero-order chi connectivity index (χ0) is 13.8. The third-order valence-corrected chi connectivity index (χ3v) is 7.34. The highest BCUT2D eigenvalue weighted by Gasteiger charge is 2.59. The van der Waals surface area contributed by atoms with Crippen molar-refractivity contribution in [3.05, 3.63) is 0 Å². The maximum atomic E-state index is 13.0. The highest BCUT2D eigenvalue weighted by molar-refractivity contribution is 9.10. The predicted molar refractivity (Wildman–Crippen MR) is 83.8 cm³/mol. The van der Waals surface area contributed by atoms with Crippen molar-refractivity contribution in [2.24, 2.45) is 17.3 Å². The Kier molecular flexibility index (Phi) is 3.21. The summed E-state index contributed by atoms with van der Waals surface area (Å²) in [7, 11) is 0. The first-order valence-electron chi connectivity index (χ1n) is 8.57. The number of halogens is 1. The summed E-state index contributed by atoms with van der Waals surface area (Å²) >= 11 is 4.01. The molecule has 0 saturated heterocycles. The second kappa shape index (κ2) is 4.72. The zero-order valence-corrected chi connectivity index (χ0v) is 13.9. The smallest absolute Gasteiger partial charge is 0.226 e. The Balaban J connectivity index is 1.50. The summed E-state index contributed by atoms with van der Waals surface area (Å²) in [6.07, 6.45) is 13.8. The van der Waals surface area contributed by atoms with Gasteiger partial charge in [0, 0.05) is 10.4 Å². The molecule has 5 aliphatic carbocycles. The molecule has 3 heteroatoms. The van der Waals surface area contributed by atoms with Crippen molar-refractivity contribution in [2.45, 2.75) is 81.0 Å². The van der Waals surface area contributed by atoms with Crippen molar-refractivity contribution in [3.8, 4) is 0 Å². The van der Waals surface area contributed by atoms with E-state index in [1.54, 1.807) is 0 Å². The summed E-state index contributed by atoms with van der Waals surface area (Å²) < 4.78 is 0.293. The Labute approximate surface area is 130 Å². The molecule has 5 rings (SSSR count). The molecule has 1 amide bonds. The predicted octanol–water partition coefficient (Wildman–Crippen LogP) is 4.17. The molecule has 0 aliphatic heterocycles. The molecule has 112 valence electrons. The van der Waals surface area contributed by atoms with Gasteiger partial charge in [-0.1, -0.05) is 35.2 Å². The lowest BCUT2D eigenvalue weighted by Gasteiger charge is -2.59. The third-order valence-electron chi connectivity index (χ3n) is 6.41. The van der Waals surface area contributed by atoms with Crippen molar-refractivity contribution in [2.75, 3.05) is 0 Å². The van der Waals surface area contributed by atoms with Crippen LogP contribution in [0.4, 0.5) is 0 Å². The summed E-state index contributed by atoms with van der Waals surface area (Å²) in [4.78, 5) is 13.0. The molecule has 4 bridgehead atoms. The fourth-order valence-electron chi connectivity index (χ4n) is 6.00. The minimum Gasteiger partial charge on any atom is -0.353 e. The molecule has 2 nitrogen and oxygen atoms in total. The van der Waals surface area contributed by atoms with Gasteiger partial charge in [0.2, 0.25) is 5.91 Å². The zero-order valence-electron chi connectivity index (χ0n) is 12.3. The lowest BCUT2D eigenvalue weighted by atomic mass is 9.49. The van der Waals surface area contributed by atoms with Crippen LogP contribution in [0, 0.1) is 17.3 Å². The number of hydrogen-bond acceptors (Lipinski definition) is 1. The third kappa shape index (κ3) is 2.24. The fraction of sp³-hybridized carbons (Fsp3) is 0.941. The van der Waals surface area contributed by atoms with Crippen LogP contribution in [-0.2, 0) is 4.79 Å². The maximum Gasteiger partial charge on any atom is 0.226 e. The number of amides is 1. The van der Waals surface area contributed by atoms with Gasteiger partial charge >= 0.3 is 0 Å². The van der Waals surface area contributed by atoms with Gasteiger partial charge in [-0.15, -0.1) is 0 Å². The van der Waals surface area contributed by atoms with Gasteiger partial charge in [0.25, 0.3) is 0 Å². The van der Waals surface area contributed by atoms with Crippen LogP contribution in [-0.4, -0.2) is 16.3 Å². The minimum atomic E-state index is -0.0228. The SMILES string of the molecule is O=C(NC1CCCCC1)C12CC3CC(CC(Br)(C3)C1)C2. The van der Waals surface area contributed by atoms with E-state index in [1.807, 2.05) is 0 Å². The first kappa shape index (κ1) is 13.6. The number of carbonyl (C=O) groups is 1. The first-order chi connectivity index (χ1) is 9.57. The largest absolute Gasteiger partial charge is 0.353 e. The van der Waals surface area contributed by atoms with E-state index in [2.05, 4.69) is 21.2 Å². The fourth-order valence-corrected chi connectivity index (χ4v) is 7.45. The van der Waals surface area contributed by atoms with Gasteiger partial charge in [-0.2, -0.15) is 0 Å². The number of carbonyl (C=O) groups excluding carboxylic acids is 1. The molecule has 0 aromatic rings. The van der Waals surface area contributed by atoms with E-state index in [4.69, 9.17) is 0 Å². The van der Waals surface area contributed by atoms with Crippen molar-refractivity contribution >= 4 is 21.8 Å². The first-order valence-corrected chi connectivity index (χ1v) is 9.36. The van der Waals surface area contributed by atoms with E-state index in [9.17, 15) is 4.79 Å². The van der Waals surface area contributed by atoms with E-state index < -0.39 is 0 Å². The number of rotatable bonds is 2. The van der Waals surface area contributed by atoms with E-state index >= 15 is 0 Å². The number of nitrogens with one attached hydrogen (secondary N) is 1. The summed E-state index contributed by atoms with van der Waals surface area (Å²) in [5, 5.41) is 3.43. The molecular formula is C17H26BrNO. The lowest BCUT2D eigenvalue weighted by Crippen LogP contribution is -2.59. The van der Waals surface area contributed by atoms with Crippen LogP contribution >= 0.6 is 15.9 Å². The van der Waals surface area contributed by atoms with Gasteiger partial charge in [0.05, 0.1) is 5.41 Å². The Morgan fingerprint density at radius 2 is 1.65 bits per heavy atom. The topological polar surface area (TPSA) is 29.1 Å². The average Bonchev–Trinajstić information content (AvgIpc) is 2.37. The minimum absolute atomic E-state index is 0.0228. The van der Waals surface area contributed by atoms with Crippen LogP contribution in [0.25, 0.3) is 0 Å².